The molecule has 3 nitrogen and oxygen atoms in total. The van der Waals surface area contributed by atoms with Gasteiger partial charge in [0, 0.05) is 11.6 Å². The highest BCUT2D eigenvalue weighted by Gasteiger charge is 2.11. The van der Waals surface area contributed by atoms with Crippen LogP contribution in [-0.2, 0) is 6.54 Å². The van der Waals surface area contributed by atoms with Gasteiger partial charge < -0.3 is 10.4 Å². The van der Waals surface area contributed by atoms with Crippen molar-refractivity contribution in [3.8, 4) is 5.75 Å². The molecule has 0 saturated carbocycles. The van der Waals surface area contributed by atoms with E-state index in [-0.39, 0.29) is 17.2 Å². The lowest BCUT2D eigenvalue weighted by molar-refractivity contribution is 0.0948. The Bertz CT molecular complexity index is 611. The molecule has 0 aliphatic heterocycles. The van der Waals surface area contributed by atoms with Crippen molar-refractivity contribution >= 4 is 17.5 Å². The molecule has 0 aliphatic carbocycles. The van der Waals surface area contributed by atoms with Gasteiger partial charge in [0.2, 0.25) is 0 Å². The molecule has 0 bridgehead atoms. The highest BCUT2D eigenvalue weighted by molar-refractivity contribution is 6.31. The number of amides is 1. The van der Waals surface area contributed by atoms with Crippen molar-refractivity contribution in [2.75, 3.05) is 0 Å². The van der Waals surface area contributed by atoms with E-state index in [2.05, 4.69) is 5.32 Å². The molecule has 0 unspecified atom stereocenters. The summed E-state index contributed by atoms with van der Waals surface area (Å²) in [5.74, 6) is -0.423. The van der Waals surface area contributed by atoms with E-state index in [4.69, 9.17) is 11.6 Å². The number of aryl methyl sites for hydroxylation is 1. The third-order valence-electron chi connectivity index (χ3n) is 2.74. The molecular formula is C15H14ClNO2. The first-order chi connectivity index (χ1) is 9.06. The Morgan fingerprint density at radius 3 is 2.79 bits per heavy atom. The predicted molar refractivity (Wildman–Crippen MR) is 75.5 cm³/mol. The number of nitrogens with one attached hydrogen (secondary N) is 1. The largest absolute Gasteiger partial charge is 0.507 e. The molecule has 2 rings (SSSR count). The van der Waals surface area contributed by atoms with Crippen molar-refractivity contribution in [2.24, 2.45) is 0 Å². The van der Waals surface area contributed by atoms with Gasteiger partial charge in [0.15, 0.2) is 0 Å². The molecule has 4 heteroatoms. The second kappa shape index (κ2) is 5.76. The Kier molecular flexibility index (Phi) is 4.07. The minimum absolute atomic E-state index is 0.0776. The van der Waals surface area contributed by atoms with Crippen LogP contribution in [0.3, 0.4) is 0 Å². The number of halogens is 1. The van der Waals surface area contributed by atoms with Crippen molar-refractivity contribution in [3.63, 3.8) is 0 Å². The van der Waals surface area contributed by atoms with E-state index < -0.39 is 0 Å². The second-order valence-corrected chi connectivity index (χ2v) is 4.77. The van der Waals surface area contributed by atoms with Gasteiger partial charge in [0.25, 0.3) is 5.91 Å². The van der Waals surface area contributed by atoms with E-state index in [1.165, 1.54) is 18.2 Å². The van der Waals surface area contributed by atoms with Gasteiger partial charge in [-0.1, -0.05) is 41.4 Å². The first-order valence-electron chi connectivity index (χ1n) is 5.88. The summed E-state index contributed by atoms with van der Waals surface area (Å²) in [7, 11) is 0. The molecule has 0 spiro atoms. The summed E-state index contributed by atoms with van der Waals surface area (Å²) in [6, 6.07) is 12.3. The first kappa shape index (κ1) is 13.4. The Balaban J connectivity index is 2.07. The van der Waals surface area contributed by atoms with Crippen molar-refractivity contribution in [3.05, 3.63) is 64.2 Å². The zero-order chi connectivity index (χ0) is 13.8. The molecule has 2 N–H and O–H groups in total. The standard InChI is InChI=1S/C15H14ClNO2/c1-10-3-2-4-11(7-10)9-17-15(19)13-8-12(16)5-6-14(13)18/h2-8,18H,9H2,1H3,(H,17,19). The number of benzene rings is 2. The number of carbonyl (C=O) groups is 1. The van der Waals surface area contributed by atoms with Gasteiger partial charge in [-0.25, -0.2) is 0 Å². The summed E-state index contributed by atoms with van der Waals surface area (Å²) in [4.78, 5) is 11.9. The van der Waals surface area contributed by atoms with Crippen LogP contribution in [0.15, 0.2) is 42.5 Å². The summed E-state index contributed by atoms with van der Waals surface area (Å²) >= 11 is 5.81. The number of rotatable bonds is 3. The predicted octanol–water partition coefficient (Wildman–Crippen LogP) is 3.28. The summed E-state index contributed by atoms with van der Waals surface area (Å²) in [6.45, 7) is 2.40. The maximum absolute atomic E-state index is 11.9. The van der Waals surface area contributed by atoms with Crippen molar-refractivity contribution in [1.29, 1.82) is 0 Å². The van der Waals surface area contributed by atoms with Gasteiger partial charge in [-0.3, -0.25) is 4.79 Å². The average Bonchev–Trinajstić information content (AvgIpc) is 2.39. The number of phenolic OH excluding ortho intramolecular Hbond substituents is 1. The van der Waals surface area contributed by atoms with Crippen LogP contribution in [0.5, 0.6) is 5.75 Å². The van der Waals surface area contributed by atoms with Gasteiger partial charge in [-0.15, -0.1) is 0 Å². The van der Waals surface area contributed by atoms with E-state index in [0.717, 1.165) is 11.1 Å². The number of hydrogen-bond donors (Lipinski definition) is 2. The van der Waals surface area contributed by atoms with E-state index >= 15 is 0 Å². The van der Waals surface area contributed by atoms with Crippen LogP contribution in [0.2, 0.25) is 5.02 Å². The summed E-state index contributed by atoms with van der Waals surface area (Å²) in [5, 5.41) is 12.8. The van der Waals surface area contributed by atoms with Crippen LogP contribution in [0.1, 0.15) is 21.5 Å². The molecule has 0 heterocycles. The highest BCUT2D eigenvalue weighted by Crippen LogP contribution is 2.21. The van der Waals surface area contributed by atoms with Gasteiger partial charge in [-0.05, 0) is 30.7 Å². The number of carbonyl (C=O) groups excluding carboxylic acids is 1. The molecule has 0 saturated heterocycles. The third-order valence-corrected chi connectivity index (χ3v) is 2.97. The molecule has 0 radical (unpaired) electrons. The van der Waals surface area contributed by atoms with Crippen LogP contribution in [0.25, 0.3) is 0 Å². The normalized spacial score (nSPS) is 10.2. The van der Waals surface area contributed by atoms with Gasteiger partial charge in [-0.2, -0.15) is 0 Å². The van der Waals surface area contributed by atoms with Crippen LogP contribution < -0.4 is 5.32 Å². The van der Waals surface area contributed by atoms with E-state index in [1.807, 2.05) is 31.2 Å². The maximum atomic E-state index is 11.9. The quantitative estimate of drug-likeness (QED) is 0.903. The number of aromatic hydroxyl groups is 1. The fourth-order valence-corrected chi connectivity index (χ4v) is 1.96. The molecule has 0 fully saturated rings. The molecule has 98 valence electrons. The maximum Gasteiger partial charge on any atom is 0.255 e. The fraction of sp³-hybridized carbons (Fsp3) is 0.133. The smallest absolute Gasteiger partial charge is 0.255 e. The lowest BCUT2D eigenvalue weighted by Crippen LogP contribution is -2.22. The summed E-state index contributed by atoms with van der Waals surface area (Å²) in [6.07, 6.45) is 0. The summed E-state index contributed by atoms with van der Waals surface area (Å²) in [5.41, 5.74) is 2.33. The van der Waals surface area contributed by atoms with Crippen molar-refractivity contribution in [1.82, 2.24) is 5.32 Å². The van der Waals surface area contributed by atoms with Crippen LogP contribution in [0.4, 0.5) is 0 Å². The Labute approximate surface area is 116 Å². The van der Waals surface area contributed by atoms with Crippen LogP contribution >= 0.6 is 11.6 Å². The minimum Gasteiger partial charge on any atom is -0.507 e. The molecule has 19 heavy (non-hydrogen) atoms. The SMILES string of the molecule is Cc1cccc(CNC(=O)c2cc(Cl)ccc2O)c1. The molecule has 1 amide bonds. The van der Waals surface area contributed by atoms with E-state index in [1.54, 1.807) is 0 Å². The Morgan fingerprint density at radius 2 is 2.05 bits per heavy atom. The lowest BCUT2D eigenvalue weighted by atomic mass is 10.1. The monoisotopic (exact) mass is 275 g/mol. The van der Waals surface area contributed by atoms with Crippen LogP contribution in [0, 0.1) is 6.92 Å². The molecule has 0 atom stereocenters. The van der Waals surface area contributed by atoms with Gasteiger partial charge in [0.05, 0.1) is 5.56 Å². The highest BCUT2D eigenvalue weighted by atomic mass is 35.5. The topological polar surface area (TPSA) is 49.3 Å². The fourth-order valence-electron chi connectivity index (χ4n) is 1.79. The Hall–Kier alpha value is -2.00. The second-order valence-electron chi connectivity index (χ2n) is 4.33. The van der Waals surface area contributed by atoms with Gasteiger partial charge >= 0.3 is 0 Å². The number of phenols is 1. The lowest BCUT2D eigenvalue weighted by Gasteiger charge is -2.08. The molecule has 0 aromatic heterocycles. The third kappa shape index (κ3) is 3.48. The van der Waals surface area contributed by atoms with Gasteiger partial charge in [0.1, 0.15) is 5.75 Å². The van der Waals surface area contributed by atoms with Crippen molar-refractivity contribution < 1.29 is 9.90 Å². The molecule has 2 aromatic carbocycles. The Morgan fingerprint density at radius 1 is 1.26 bits per heavy atom. The summed E-state index contributed by atoms with van der Waals surface area (Å²) < 4.78 is 0. The zero-order valence-electron chi connectivity index (χ0n) is 10.5. The number of hydrogen-bond acceptors (Lipinski definition) is 2. The molecule has 2 aromatic rings. The minimum atomic E-state index is -0.346. The first-order valence-corrected chi connectivity index (χ1v) is 6.26. The van der Waals surface area contributed by atoms with Crippen LogP contribution in [-0.4, -0.2) is 11.0 Å². The molecule has 0 aliphatic rings. The zero-order valence-corrected chi connectivity index (χ0v) is 11.2. The average molecular weight is 276 g/mol. The molecular weight excluding hydrogens is 262 g/mol. The van der Waals surface area contributed by atoms with Crippen molar-refractivity contribution in [2.45, 2.75) is 13.5 Å². The van der Waals surface area contributed by atoms with E-state index in [0.29, 0.717) is 11.6 Å². The van der Waals surface area contributed by atoms with E-state index in [9.17, 15) is 9.90 Å².